The molecule has 1 heteroatoms. The van der Waals surface area contributed by atoms with Gasteiger partial charge in [-0.05, 0) is 44.2 Å². The minimum atomic E-state index is 0.259. The van der Waals surface area contributed by atoms with Crippen molar-refractivity contribution in [3.05, 3.63) is 41.0 Å². The van der Waals surface area contributed by atoms with Crippen LogP contribution in [-0.2, 0) is 0 Å². The SMILES string of the molecule is Cc1cc(C)cc(C2=CC(N)CCC2)c1. The van der Waals surface area contributed by atoms with E-state index in [-0.39, 0.29) is 6.04 Å². The Bertz CT molecular complexity index is 370. The number of hydrogen-bond acceptors (Lipinski definition) is 1. The predicted octanol–water partition coefficient (Wildman–Crippen LogP) is 3.20. The van der Waals surface area contributed by atoms with Crippen LogP contribution >= 0.6 is 0 Å². The molecule has 0 saturated carbocycles. The van der Waals surface area contributed by atoms with E-state index in [1.807, 2.05) is 0 Å². The van der Waals surface area contributed by atoms with Crippen LogP contribution in [0.4, 0.5) is 0 Å². The number of nitrogens with two attached hydrogens (primary N) is 1. The maximum Gasteiger partial charge on any atom is 0.0229 e. The maximum absolute atomic E-state index is 5.96. The van der Waals surface area contributed by atoms with E-state index in [9.17, 15) is 0 Å². The van der Waals surface area contributed by atoms with Crippen LogP contribution in [0.2, 0.25) is 0 Å². The zero-order valence-electron chi connectivity index (χ0n) is 9.59. The van der Waals surface area contributed by atoms with Gasteiger partial charge in [0.25, 0.3) is 0 Å². The van der Waals surface area contributed by atoms with Gasteiger partial charge in [-0.3, -0.25) is 0 Å². The normalized spacial score (nSPS) is 21.3. The van der Waals surface area contributed by atoms with Crippen molar-refractivity contribution in [2.24, 2.45) is 5.73 Å². The summed E-state index contributed by atoms with van der Waals surface area (Å²) in [6, 6.07) is 7.00. The molecule has 0 heterocycles. The zero-order valence-corrected chi connectivity index (χ0v) is 9.59. The topological polar surface area (TPSA) is 26.0 Å². The highest BCUT2D eigenvalue weighted by Gasteiger charge is 2.11. The molecule has 1 aliphatic rings. The third-order valence-electron chi connectivity index (χ3n) is 2.99. The van der Waals surface area contributed by atoms with E-state index < -0.39 is 0 Å². The molecule has 1 nitrogen and oxygen atoms in total. The van der Waals surface area contributed by atoms with Crippen LogP contribution in [0.1, 0.15) is 36.0 Å². The first kappa shape index (κ1) is 10.4. The van der Waals surface area contributed by atoms with Gasteiger partial charge < -0.3 is 5.73 Å². The van der Waals surface area contributed by atoms with Crippen LogP contribution in [-0.4, -0.2) is 6.04 Å². The summed E-state index contributed by atoms with van der Waals surface area (Å²) in [5, 5.41) is 0. The number of benzene rings is 1. The number of allylic oxidation sites excluding steroid dienone is 1. The molecule has 1 aromatic rings. The molecule has 0 fully saturated rings. The summed E-state index contributed by atoms with van der Waals surface area (Å²) in [7, 11) is 0. The number of rotatable bonds is 1. The molecule has 1 aliphatic carbocycles. The minimum absolute atomic E-state index is 0.259. The van der Waals surface area contributed by atoms with E-state index in [2.05, 4.69) is 38.1 Å². The van der Waals surface area contributed by atoms with Crippen molar-refractivity contribution in [1.82, 2.24) is 0 Å². The number of aryl methyl sites for hydroxylation is 2. The van der Waals surface area contributed by atoms with Crippen molar-refractivity contribution in [2.75, 3.05) is 0 Å². The fraction of sp³-hybridized carbons (Fsp3) is 0.429. The second kappa shape index (κ2) is 4.19. The largest absolute Gasteiger partial charge is 0.324 e. The van der Waals surface area contributed by atoms with Gasteiger partial charge in [-0.2, -0.15) is 0 Å². The Morgan fingerprint density at radius 1 is 1.13 bits per heavy atom. The van der Waals surface area contributed by atoms with Crippen molar-refractivity contribution >= 4 is 5.57 Å². The van der Waals surface area contributed by atoms with Gasteiger partial charge in [0.05, 0.1) is 0 Å². The van der Waals surface area contributed by atoms with Gasteiger partial charge in [0.15, 0.2) is 0 Å². The molecular weight excluding hydrogens is 182 g/mol. The molecule has 0 radical (unpaired) electrons. The first-order chi connectivity index (χ1) is 7.15. The highest BCUT2D eigenvalue weighted by atomic mass is 14.6. The van der Waals surface area contributed by atoms with Gasteiger partial charge >= 0.3 is 0 Å². The van der Waals surface area contributed by atoms with Crippen LogP contribution in [0.25, 0.3) is 5.57 Å². The Balaban J connectivity index is 2.36. The van der Waals surface area contributed by atoms with Crippen LogP contribution in [0.15, 0.2) is 24.3 Å². The second-order valence-corrected chi connectivity index (χ2v) is 4.62. The number of hydrogen-bond donors (Lipinski definition) is 1. The Kier molecular flexibility index (Phi) is 2.92. The third-order valence-corrected chi connectivity index (χ3v) is 2.99. The molecule has 0 aromatic heterocycles. The van der Waals surface area contributed by atoms with Crippen LogP contribution < -0.4 is 5.73 Å². The summed E-state index contributed by atoms with van der Waals surface area (Å²) in [6.07, 6.45) is 5.77. The van der Waals surface area contributed by atoms with E-state index in [1.165, 1.54) is 35.1 Å². The molecular formula is C14H19N. The highest BCUT2D eigenvalue weighted by molar-refractivity contribution is 5.68. The van der Waals surface area contributed by atoms with Crippen LogP contribution in [0.3, 0.4) is 0 Å². The third kappa shape index (κ3) is 2.48. The van der Waals surface area contributed by atoms with Crippen molar-refractivity contribution < 1.29 is 0 Å². The van der Waals surface area contributed by atoms with E-state index >= 15 is 0 Å². The van der Waals surface area contributed by atoms with Gasteiger partial charge in [-0.1, -0.05) is 35.4 Å². The highest BCUT2D eigenvalue weighted by Crippen LogP contribution is 2.27. The van der Waals surface area contributed by atoms with Gasteiger partial charge in [-0.15, -0.1) is 0 Å². The maximum atomic E-state index is 5.96. The summed E-state index contributed by atoms with van der Waals surface area (Å²) < 4.78 is 0. The van der Waals surface area contributed by atoms with Crippen molar-refractivity contribution in [3.8, 4) is 0 Å². The fourth-order valence-corrected chi connectivity index (χ4v) is 2.35. The lowest BCUT2D eigenvalue weighted by Gasteiger charge is -2.18. The monoisotopic (exact) mass is 201 g/mol. The van der Waals surface area contributed by atoms with Gasteiger partial charge in [-0.25, -0.2) is 0 Å². The predicted molar refractivity (Wildman–Crippen MR) is 65.7 cm³/mol. The van der Waals surface area contributed by atoms with E-state index in [0.717, 1.165) is 6.42 Å². The van der Waals surface area contributed by atoms with Crippen molar-refractivity contribution in [3.63, 3.8) is 0 Å². The van der Waals surface area contributed by atoms with E-state index in [4.69, 9.17) is 5.73 Å². The van der Waals surface area contributed by atoms with Gasteiger partial charge in [0, 0.05) is 6.04 Å². The van der Waals surface area contributed by atoms with Crippen molar-refractivity contribution in [2.45, 2.75) is 39.2 Å². The zero-order chi connectivity index (χ0) is 10.8. The quantitative estimate of drug-likeness (QED) is 0.742. The Morgan fingerprint density at radius 2 is 1.80 bits per heavy atom. The Hall–Kier alpha value is -1.08. The lowest BCUT2D eigenvalue weighted by Crippen LogP contribution is -2.20. The summed E-state index contributed by atoms with van der Waals surface area (Å²) in [5.74, 6) is 0. The average Bonchev–Trinajstić information content (AvgIpc) is 2.16. The second-order valence-electron chi connectivity index (χ2n) is 4.62. The summed E-state index contributed by atoms with van der Waals surface area (Å²) in [5.41, 5.74) is 11.4. The van der Waals surface area contributed by atoms with Gasteiger partial charge in [0.1, 0.15) is 0 Å². The summed E-state index contributed by atoms with van der Waals surface area (Å²) >= 11 is 0. The molecule has 1 aromatic carbocycles. The first-order valence-corrected chi connectivity index (χ1v) is 5.70. The van der Waals surface area contributed by atoms with E-state index in [0.29, 0.717) is 0 Å². The molecule has 0 bridgehead atoms. The molecule has 0 aliphatic heterocycles. The summed E-state index contributed by atoms with van der Waals surface area (Å²) in [6.45, 7) is 4.31. The lowest BCUT2D eigenvalue weighted by molar-refractivity contribution is 0.654. The molecule has 2 N–H and O–H groups in total. The fourth-order valence-electron chi connectivity index (χ4n) is 2.35. The lowest BCUT2D eigenvalue weighted by atomic mass is 9.90. The molecule has 0 saturated heterocycles. The first-order valence-electron chi connectivity index (χ1n) is 5.70. The van der Waals surface area contributed by atoms with Crippen molar-refractivity contribution in [1.29, 1.82) is 0 Å². The Morgan fingerprint density at radius 3 is 2.40 bits per heavy atom. The molecule has 1 atom stereocenters. The molecule has 0 amide bonds. The molecule has 80 valence electrons. The molecule has 15 heavy (non-hydrogen) atoms. The summed E-state index contributed by atoms with van der Waals surface area (Å²) in [4.78, 5) is 0. The van der Waals surface area contributed by atoms with Gasteiger partial charge in [0.2, 0.25) is 0 Å². The van der Waals surface area contributed by atoms with Crippen LogP contribution in [0, 0.1) is 13.8 Å². The standard InChI is InChI=1S/C14H19N/c1-10-6-11(2)8-13(7-10)12-4-3-5-14(15)9-12/h6-9,14H,3-5,15H2,1-2H3. The molecule has 0 spiro atoms. The van der Waals surface area contributed by atoms with E-state index in [1.54, 1.807) is 0 Å². The smallest absolute Gasteiger partial charge is 0.0229 e. The minimum Gasteiger partial charge on any atom is -0.324 e. The molecule has 1 unspecified atom stereocenters. The Labute approximate surface area is 92.0 Å². The molecule has 2 rings (SSSR count). The average molecular weight is 201 g/mol. The van der Waals surface area contributed by atoms with Crippen LogP contribution in [0.5, 0.6) is 0 Å².